The van der Waals surface area contributed by atoms with Crippen molar-refractivity contribution in [3.8, 4) is 0 Å². The Bertz CT molecular complexity index is 1330. The van der Waals surface area contributed by atoms with Gasteiger partial charge in [-0.2, -0.15) is 0 Å². The summed E-state index contributed by atoms with van der Waals surface area (Å²) in [6.07, 6.45) is 2.71. The van der Waals surface area contributed by atoms with Gasteiger partial charge in [0, 0.05) is 35.6 Å². The molecule has 0 saturated carbocycles. The van der Waals surface area contributed by atoms with E-state index < -0.39 is 4.92 Å². The zero-order valence-electron chi connectivity index (χ0n) is 19.3. The number of amides is 1. The predicted molar refractivity (Wildman–Crippen MR) is 138 cm³/mol. The van der Waals surface area contributed by atoms with Gasteiger partial charge in [0.05, 0.1) is 16.2 Å². The largest absolute Gasteiger partial charge is 0.354 e. The second-order valence-corrected chi connectivity index (χ2v) is 8.82. The molecule has 3 aromatic carbocycles. The summed E-state index contributed by atoms with van der Waals surface area (Å²) < 4.78 is 0. The van der Waals surface area contributed by atoms with Crippen LogP contribution in [0.1, 0.15) is 34.2 Å². The van der Waals surface area contributed by atoms with Crippen molar-refractivity contribution in [3.63, 3.8) is 0 Å². The number of carbonyl (C=O) groups is 1. The molecule has 0 spiro atoms. The standard InChI is InChI=1S/C27H27N5O3/c28-12-1-2-17-3-5-18(6-4-17)26(30-21-8-7-20-16-29-13-11-19(20)14-21)25-23-15-22(32(34)35)9-10-24(23)31-27(25)33/h3-10,14-15,29-30H,1-2,11-13,16,28H2,(H,31,33)/b26-25-. The van der Waals surface area contributed by atoms with Gasteiger partial charge in [0.15, 0.2) is 0 Å². The number of nitrogens with two attached hydrogens (primary N) is 1. The van der Waals surface area contributed by atoms with Crippen LogP contribution in [-0.2, 0) is 24.2 Å². The lowest BCUT2D eigenvalue weighted by Crippen LogP contribution is -2.23. The number of aryl methyl sites for hydroxylation is 1. The van der Waals surface area contributed by atoms with Crippen molar-refractivity contribution < 1.29 is 9.72 Å². The lowest BCUT2D eigenvalue weighted by molar-refractivity contribution is -0.384. The van der Waals surface area contributed by atoms with E-state index in [1.54, 1.807) is 6.07 Å². The zero-order valence-corrected chi connectivity index (χ0v) is 19.3. The van der Waals surface area contributed by atoms with Gasteiger partial charge in [-0.25, -0.2) is 0 Å². The first-order chi connectivity index (χ1) is 17.0. The summed E-state index contributed by atoms with van der Waals surface area (Å²) in [6, 6.07) is 18.7. The number of benzene rings is 3. The van der Waals surface area contributed by atoms with Crippen molar-refractivity contribution in [2.45, 2.75) is 25.8 Å². The molecular weight excluding hydrogens is 442 g/mol. The Labute approximate surface area is 203 Å². The Morgan fingerprint density at radius 3 is 2.66 bits per heavy atom. The normalized spacial score (nSPS) is 15.7. The monoisotopic (exact) mass is 469 g/mol. The van der Waals surface area contributed by atoms with Gasteiger partial charge in [-0.15, -0.1) is 0 Å². The van der Waals surface area contributed by atoms with Crippen molar-refractivity contribution in [3.05, 3.63) is 98.6 Å². The van der Waals surface area contributed by atoms with Gasteiger partial charge < -0.3 is 21.7 Å². The van der Waals surface area contributed by atoms with Crippen molar-refractivity contribution in [1.82, 2.24) is 5.32 Å². The average molecular weight is 470 g/mol. The molecule has 3 aromatic rings. The minimum absolute atomic E-state index is 0.0597. The first-order valence-electron chi connectivity index (χ1n) is 11.8. The van der Waals surface area contributed by atoms with E-state index in [2.05, 4.69) is 28.1 Å². The highest BCUT2D eigenvalue weighted by Gasteiger charge is 2.30. The third kappa shape index (κ3) is 4.66. The van der Waals surface area contributed by atoms with E-state index in [4.69, 9.17) is 5.73 Å². The molecule has 0 aromatic heterocycles. The Kier molecular flexibility index (Phi) is 6.31. The zero-order chi connectivity index (χ0) is 24.4. The highest BCUT2D eigenvalue weighted by atomic mass is 16.6. The van der Waals surface area contributed by atoms with E-state index in [1.165, 1.54) is 23.3 Å². The van der Waals surface area contributed by atoms with Crippen LogP contribution in [-0.4, -0.2) is 23.9 Å². The Balaban J connectivity index is 1.62. The Hall–Kier alpha value is -4.01. The topological polar surface area (TPSA) is 122 Å². The van der Waals surface area contributed by atoms with Gasteiger partial charge >= 0.3 is 0 Å². The van der Waals surface area contributed by atoms with Crippen LogP contribution >= 0.6 is 0 Å². The summed E-state index contributed by atoms with van der Waals surface area (Å²) in [5.74, 6) is -0.294. The van der Waals surface area contributed by atoms with Gasteiger partial charge in [0.2, 0.25) is 0 Å². The molecule has 0 radical (unpaired) electrons. The molecule has 0 fully saturated rings. The molecule has 2 aliphatic rings. The number of nitro groups is 1. The van der Waals surface area contributed by atoms with Crippen LogP contribution in [0.4, 0.5) is 17.1 Å². The van der Waals surface area contributed by atoms with Crippen LogP contribution in [0.3, 0.4) is 0 Å². The molecule has 8 heteroatoms. The minimum Gasteiger partial charge on any atom is -0.354 e. The number of non-ortho nitro benzene ring substituents is 1. The lowest BCUT2D eigenvalue weighted by atomic mass is 9.97. The first kappa shape index (κ1) is 22.8. The summed E-state index contributed by atoms with van der Waals surface area (Å²) in [4.78, 5) is 24.1. The molecule has 178 valence electrons. The number of hydrogen-bond acceptors (Lipinski definition) is 6. The number of nitro benzene ring substituents is 1. The maximum absolute atomic E-state index is 13.2. The van der Waals surface area contributed by atoms with E-state index in [1.807, 2.05) is 30.3 Å². The number of anilines is 2. The van der Waals surface area contributed by atoms with Crippen LogP contribution in [0.25, 0.3) is 11.3 Å². The molecule has 8 nitrogen and oxygen atoms in total. The maximum atomic E-state index is 13.2. The first-order valence-corrected chi connectivity index (χ1v) is 11.8. The van der Waals surface area contributed by atoms with Gasteiger partial charge in [0.25, 0.3) is 11.6 Å². The number of fused-ring (bicyclic) bond motifs is 2. The molecule has 0 atom stereocenters. The quantitative estimate of drug-likeness (QED) is 0.235. The second-order valence-electron chi connectivity index (χ2n) is 8.82. The fraction of sp³-hybridized carbons (Fsp3) is 0.222. The molecule has 0 unspecified atom stereocenters. The minimum atomic E-state index is -0.447. The summed E-state index contributed by atoms with van der Waals surface area (Å²) in [7, 11) is 0. The Morgan fingerprint density at radius 1 is 1.06 bits per heavy atom. The highest BCUT2D eigenvalue weighted by molar-refractivity contribution is 6.37. The molecular formula is C27H27N5O3. The van der Waals surface area contributed by atoms with Crippen molar-refractivity contribution >= 4 is 34.2 Å². The predicted octanol–water partition coefficient (Wildman–Crippen LogP) is 4.06. The van der Waals surface area contributed by atoms with Crippen molar-refractivity contribution in [1.29, 1.82) is 0 Å². The smallest absolute Gasteiger partial charge is 0.270 e. The number of nitrogens with one attached hydrogen (secondary N) is 3. The van der Waals surface area contributed by atoms with Gasteiger partial charge in [0.1, 0.15) is 0 Å². The molecule has 35 heavy (non-hydrogen) atoms. The molecule has 2 heterocycles. The molecule has 0 saturated heterocycles. The summed E-state index contributed by atoms with van der Waals surface area (Å²) >= 11 is 0. The fourth-order valence-electron chi connectivity index (χ4n) is 4.64. The molecule has 5 N–H and O–H groups in total. The molecule has 1 amide bonds. The number of carbonyl (C=O) groups excluding carboxylic acids is 1. The van der Waals surface area contributed by atoms with Crippen LogP contribution in [0.15, 0.2) is 60.7 Å². The molecule has 5 rings (SSSR count). The number of hydrogen-bond donors (Lipinski definition) is 4. The van der Waals surface area contributed by atoms with Gasteiger partial charge in [-0.05, 0) is 72.8 Å². The number of nitrogens with zero attached hydrogens (tertiary/aromatic N) is 1. The third-order valence-corrected chi connectivity index (χ3v) is 6.48. The van der Waals surface area contributed by atoms with Crippen LogP contribution < -0.4 is 21.7 Å². The maximum Gasteiger partial charge on any atom is 0.270 e. The number of rotatable bonds is 7. The van der Waals surface area contributed by atoms with E-state index in [9.17, 15) is 14.9 Å². The van der Waals surface area contributed by atoms with Crippen LogP contribution in [0.2, 0.25) is 0 Å². The Morgan fingerprint density at radius 2 is 1.89 bits per heavy atom. The third-order valence-electron chi connectivity index (χ3n) is 6.48. The molecule has 0 bridgehead atoms. The summed E-state index contributed by atoms with van der Waals surface area (Å²) in [6.45, 7) is 2.39. The second kappa shape index (κ2) is 9.69. The van der Waals surface area contributed by atoms with Crippen molar-refractivity contribution in [2.24, 2.45) is 5.73 Å². The summed E-state index contributed by atoms with van der Waals surface area (Å²) in [5.41, 5.74) is 13.1. The molecule has 2 aliphatic heterocycles. The van der Waals surface area contributed by atoms with E-state index >= 15 is 0 Å². The van der Waals surface area contributed by atoms with Gasteiger partial charge in [-0.3, -0.25) is 14.9 Å². The molecule has 0 aliphatic carbocycles. The SMILES string of the molecule is NCCCc1ccc(/C(Nc2ccc3c(c2)CCNC3)=C2/C(=O)Nc3ccc([N+](=O)[O-])cc32)cc1. The van der Waals surface area contributed by atoms with Crippen LogP contribution in [0.5, 0.6) is 0 Å². The average Bonchev–Trinajstić information content (AvgIpc) is 3.21. The van der Waals surface area contributed by atoms with E-state index in [-0.39, 0.29) is 11.6 Å². The van der Waals surface area contributed by atoms with E-state index in [0.29, 0.717) is 29.1 Å². The van der Waals surface area contributed by atoms with Crippen LogP contribution in [0, 0.1) is 10.1 Å². The van der Waals surface area contributed by atoms with Gasteiger partial charge in [-0.1, -0.05) is 30.3 Å². The van der Waals surface area contributed by atoms with E-state index in [0.717, 1.165) is 49.2 Å². The fourth-order valence-corrected chi connectivity index (χ4v) is 4.64. The highest BCUT2D eigenvalue weighted by Crippen LogP contribution is 2.39. The summed E-state index contributed by atoms with van der Waals surface area (Å²) in [5, 5.41) is 21.1. The lowest BCUT2D eigenvalue weighted by Gasteiger charge is -2.20. The van der Waals surface area contributed by atoms with Crippen molar-refractivity contribution in [2.75, 3.05) is 23.7 Å².